The molecule has 0 spiro atoms. The van der Waals surface area contributed by atoms with Crippen LogP contribution in [0.15, 0.2) is 41.6 Å². The van der Waals surface area contributed by atoms with Crippen LogP contribution in [0.1, 0.15) is 5.56 Å². The number of hydrogen-bond acceptors (Lipinski definition) is 4. The molecule has 6 nitrogen and oxygen atoms in total. The molecule has 0 aliphatic carbocycles. The van der Waals surface area contributed by atoms with Crippen LogP contribution in [0.2, 0.25) is 0 Å². The number of nitrogens with zero attached hydrogens (tertiary/aromatic N) is 2. The molecule has 7 heteroatoms. The van der Waals surface area contributed by atoms with Crippen molar-refractivity contribution >= 4 is 10.0 Å². The standard InChI is InChI=1S/C13H17N3O3S/c1-11-4-3-5-12(10-11)19-9-8-16(2)20(17,18)13-6-7-14-15-13/h3-7,10H,8-9H2,1-2H3,(H,14,15). The van der Waals surface area contributed by atoms with E-state index in [0.29, 0.717) is 0 Å². The molecular weight excluding hydrogens is 278 g/mol. The zero-order valence-corrected chi connectivity index (χ0v) is 12.2. The normalized spacial score (nSPS) is 11.8. The quantitative estimate of drug-likeness (QED) is 0.874. The molecule has 1 N–H and O–H groups in total. The minimum atomic E-state index is -3.52. The lowest BCUT2D eigenvalue weighted by Crippen LogP contribution is -2.31. The summed E-state index contributed by atoms with van der Waals surface area (Å²) in [5.41, 5.74) is 1.10. The van der Waals surface area contributed by atoms with Gasteiger partial charge in [-0.05, 0) is 30.7 Å². The summed E-state index contributed by atoms with van der Waals surface area (Å²) in [6.45, 7) is 2.52. The van der Waals surface area contributed by atoms with E-state index < -0.39 is 10.0 Å². The van der Waals surface area contributed by atoms with Gasteiger partial charge in [-0.1, -0.05) is 12.1 Å². The van der Waals surface area contributed by atoms with Crippen LogP contribution >= 0.6 is 0 Å². The first kappa shape index (κ1) is 14.5. The van der Waals surface area contributed by atoms with Gasteiger partial charge in [-0.25, -0.2) is 8.42 Å². The van der Waals surface area contributed by atoms with Crippen molar-refractivity contribution in [3.8, 4) is 5.75 Å². The van der Waals surface area contributed by atoms with Gasteiger partial charge in [0.1, 0.15) is 12.4 Å². The Hall–Kier alpha value is -1.86. The molecule has 0 atom stereocenters. The molecule has 0 aliphatic heterocycles. The van der Waals surface area contributed by atoms with E-state index in [4.69, 9.17) is 4.74 Å². The van der Waals surface area contributed by atoms with Crippen molar-refractivity contribution in [2.24, 2.45) is 0 Å². The van der Waals surface area contributed by atoms with E-state index in [2.05, 4.69) is 10.2 Å². The lowest BCUT2D eigenvalue weighted by atomic mass is 10.2. The summed E-state index contributed by atoms with van der Waals surface area (Å²) in [7, 11) is -2.01. The molecule has 108 valence electrons. The maximum atomic E-state index is 12.1. The second-order valence-electron chi connectivity index (χ2n) is 4.41. The molecular formula is C13H17N3O3S. The molecule has 2 rings (SSSR count). The number of ether oxygens (including phenoxy) is 1. The van der Waals surface area contributed by atoms with Crippen LogP contribution in [0.5, 0.6) is 5.75 Å². The van der Waals surface area contributed by atoms with Crippen LogP contribution < -0.4 is 4.74 Å². The van der Waals surface area contributed by atoms with Gasteiger partial charge in [0.25, 0.3) is 10.0 Å². The molecule has 0 fully saturated rings. The predicted molar refractivity (Wildman–Crippen MR) is 75.1 cm³/mol. The minimum absolute atomic E-state index is 0.0792. The monoisotopic (exact) mass is 295 g/mol. The summed E-state index contributed by atoms with van der Waals surface area (Å²) in [4.78, 5) is 0. The van der Waals surface area contributed by atoms with Crippen molar-refractivity contribution in [2.75, 3.05) is 20.2 Å². The number of hydrogen-bond donors (Lipinski definition) is 1. The van der Waals surface area contributed by atoms with Gasteiger partial charge in [-0.15, -0.1) is 0 Å². The molecule has 0 saturated heterocycles. The van der Waals surface area contributed by atoms with Gasteiger partial charge in [-0.2, -0.15) is 9.40 Å². The lowest BCUT2D eigenvalue weighted by molar-refractivity contribution is 0.286. The van der Waals surface area contributed by atoms with Crippen molar-refractivity contribution in [1.29, 1.82) is 0 Å². The SMILES string of the molecule is Cc1cccc(OCCN(C)S(=O)(=O)c2ccn[nH]2)c1. The maximum absolute atomic E-state index is 12.1. The summed E-state index contributed by atoms with van der Waals surface area (Å²) in [6, 6.07) is 9.05. The molecule has 0 bridgehead atoms. The highest BCUT2D eigenvalue weighted by Gasteiger charge is 2.21. The molecule has 0 aliphatic rings. The minimum Gasteiger partial charge on any atom is -0.492 e. The second-order valence-corrected chi connectivity index (χ2v) is 6.43. The third-order valence-electron chi connectivity index (χ3n) is 2.83. The number of rotatable bonds is 6. The first-order chi connectivity index (χ1) is 9.50. The van der Waals surface area contributed by atoms with Crippen molar-refractivity contribution in [1.82, 2.24) is 14.5 Å². The van der Waals surface area contributed by atoms with E-state index in [-0.39, 0.29) is 18.2 Å². The Morgan fingerprint density at radius 3 is 2.80 bits per heavy atom. The number of H-pyrrole nitrogens is 1. The Kier molecular flexibility index (Phi) is 4.41. The molecule has 2 aromatic rings. The number of benzene rings is 1. The Morgan fingerprint density at radius 1 is 1.35 bits per heavy atom. The van der Waals surface area contributed by atoms with E-state index in [0.717, 1.165) is 11.3 Å². The summed E-state index contributed by atoms with van der Waals surface area (Å²) < 4.78 is 30.9. The van der Waals surface area contributed by atoms with Crippen LogP contribution in [0.4, 0.5) is 0 Å². The van der Waals surface area contributed by atoms with Gasteiger partial charge >= 0.3 is 0 Å². The summed E-state index contributed by atoms with van der Waals surface area (Å²) in [5, 5.41) is 6.18. The third kappa shape index (κ3) is 3.37. The molecule has 0 saturated carbocycles. The number of sulfonamides is 1. The predicted octanol–water partition coefficient (Wildman–Crippen LogP) is 1.42. The first-order valence-corrected chi connectivity index (χ1v) is 7.59. The van der Waals surface area contributed by atoms with Crippen molar-refractivity contribution in [3.63, 3.8) is 0 Å². The van der Waals surface area contributed by atoms with Crippen molar-refractivity contribution in [2.45, 2.75) is 11.9 Å². The number of likely N-dealkylation sites (N-methyl/N-ethyl adjacent to an activating group) is 1. The average Bonchev–Trinajstić information content (AvgIpc) is 2.93. The number of aromatic nitrogens is 2. The third-order valence-corrected chi connectivity index (χ3v) is 4.61. The molecule has 0 radical (unpaired) electrons. The van der Waals surface area contributed by atoms with Crippen LogP contribution in [-0.2, 0) is 10.0 Å². The smallest absolute Gasteiger partial charge is 0.259 e. The van der Waals surface area contributed by atoms with E-state index >= 15 is 0 Å². The maximum Gasteiger partial charge on any atom is 0.259 e. The Labute approximate surface area is 118 Å². The van der Waals surface area contributed by atoms with Gasteiger partial charge in [-0.3, -0.25) is 5.10 Å². The van der Waals surface area contributed by atoms with Gasteiger partial charge in [0.05, 0.1) is 6.20 Å². The summed E-state index contributed by atoms with van der Waals surface area (Å²) in [5.74, 6) is 0.734. The van der Waals surface area contributed by atoms with Crippen LogP contribution in [0.3, 0.4) is 0 Å². The van der Waals surface area contributed by atoms with Crippen LogP contribution in [0, 0.1) is 6.92 Å². The zero-order valence-electron chi connectivity index (χ0n) is 11.4. The van der Waals surface area contributed by atoms with E-state index in [1.807, 2.05) is 31.2 Å². The summed E-state index contributed by atoms with van der Waals surface area (Å²) in [6.07, 6.45) is 1.41. The van der Waals surface area contributed by atoms with Gasteiger partial charge in [0.15, 0.2) is 5.03 Å². The van der Waals surface area contributed by atoms with Crippen LogP contribution in [-0.4, -0.2) is 43.1 Å². The van der Waals surface area contributed by atoms with E-state index in [9.17, 15) is 8.42 Å². The topological polar surface area (TPSA) is 75.3 Å². The Morgan fingerprint density at radius 2 is 2.15 bits per heavy atom. The molecule has 20 heavy (non-hydrogen) atoms. The van der Waals surface area contributed by atoms with E-state index in [1.54, 1.807) is 0 Å². The van der Waals surface area contributed by atoms with Gasteiger partial charge in [0.2, 0.25) is 0 Å². The highest BCUT2D eigenvalue weighted by molar-refractivity contribution is 7.89. The van der Waals surface area contributed by atoms with Gasteiger partial charge in [0, 0.05) is 13.6 Å². The number of aryl methyl sites for hydroxylation is 1. The van der Waals surface area contributed by atoms with Crippen molar-refractivity contribution < 1.29 is 13.2 Å². The highest BCUT2D eigenvalue weighted by atomic mass is 32.2. The first-order valence-electron chi connectivity index (χ1n) is 6.15. The molecule has 1 aromatic carbocycles. The number of aromatic amines is 1. The highest BCUT2D eigenvalue weighted by Crippen LogP contribution is 2.13. The van der Waals surface area contributed by atoms with Gasteiger partial charge < -0.3 is 4.74 Å². The molecule has 0 unspecified atom stereocenters. The molecule has 0 amide bonds. The molecule has 1 heterocycles. The summed E-state index contributed by atoms with van der Waals surface area (Å²) >= 11 is 0. The van der Waals surface area contributed by atoms with Crippen molar-refractivity contribution in [3.05, 3.63) is 42.1 Å². The zero-order chi connectivity index (χ0) is 14.6. The second kappa shape index (κ2) is 6.06. The largest absolute Gasteiger partial charge is 0.492 e. The van der Waals surface area contributed by atoms with Crippen LogP contribution in [0.25, 0.3) is 0 Å². The average molecular weight is 295 g/mol. The molecule has 1 aromatic heterocycles. The Balaban J connectivity index is 1.91. The number of nitrogens with one attached hydrogen (secondary N) is 1. The fourth-order valence-corrected chi connectivity index (χ4v) is 2.72. The fourth-order valence-electron chi connectivity index (χ4n) is 1.67. The lowest BCUT2D eigenvalue weighted by Gasteiger charge is -2.16. The van der Waals surface area contributed by atoms with E-state index in [1.165, 1.54) is 23.6 Å². The fraction of sp³-hybridized carbons (Fsp3) is 0.308. The Bertz CT molecular complexity index is 653.